The van der Waals surface area contributed by atoms with Crippen LogP contribution in [-0.4, -0.2) is 22.3 Å². The minimum atomic E-state index is -0.140. The minimum absolute atomic E-state index is 0.0676. The summed E-state index contributed by atoms with van der Waals surface area (Å²) in [6.07, 6.45) is 15.8. The molecule has 1 heterocycles. The van der Waals surface area contributed by atoms with Crippen LogP contribution in [0.25, 0.3) is 0 Å². The third kappa shape index (κ3) is 9.39. The summed E-state index contributed by atoms with van der Waals surface area (Å²) in [4.78, 5) is 23.2. The van der Waals surface area contributed by atoms with Crippen molar-refractivity contribution in [3.05, 3.63) is 0 Å². The fourth-order valence-electron chi connectivity index (χ4n) is 3.10. The van der Waals surface area contributed by atoms with Gasteiger partial charge in [-0.1, -0.05) is 78.1 Å². The molecule has 1 unspecified atom stereocenters. The Morgan fingerprint density at radius 3 is 1.87 bits per heavy atom. The first kappa shape index (κ1) is 20.5. The molecule has 0 radical (unpaired) electrons. The Morgan fingerprint density at radius 2 is 1.43 bits per heavy atom. The van der Waals surface area contributed by atoms with Crippen molar-refractivity contribution in [3.63, 3.8) is 0 Å². The first-order chi connectivity index (χ1) is 11.2. The molecule has 1 aliphatic heterocycles. The maximum absolute atomic E-state index is 11.8. The molecule has 0 spiro atoms. The number of carbonyl (C=O) groups is 2. The van der Waals surface area contributed by atoms with Crippen molar-refractivity contribution in [2.24, 2.45) is 0 Å². The van der Waals surface area contributed by atoms with Crippen LogP contribution in [0.2, 0.25) is 0 Å². The molecule has 3 nitrogen and oxygen atoms in total. The molecule has 1 saturated heterocycles. The van der Waals surface area contributed by atoms with E-state index in [-0.39, 0.29) is 17.1 Å². The number of imide groups is 1. The Hall–Kier alpha value is -0.510. The number of hydrogen-bond donors (Lipinski definition) is 1. The van der Waals surface area contributed by atoms with E-state index in [1.54, 1.807) is 11.8 Å². The molecule has 1 aliphatic rings. The van der Waals surface area contributed by atoms with Crippen LogP contribution in [0.1, 0.15) is 97.3 Å². The Labute approximate surface area is 146 Å². The third-order valence-electron chi connectivity index (χ3n) is 4.54. The molecule has 2 amide bonds. The van der Waals surface area contributed by atoms with Crippen LogP contribution in [0, 0.1) is 0 Å². The molecule has 0 aliphatic carbocycles. The topological polar surface area (TPSA) is 46.2 Å². The summed E-state index contributed by atoms with van der Waals surface area (Å²) >= 11 is 1.76. The lowest BCUT2D eigenvalue weighted by Crippen LogP contribution is -2.24. The van der Waals surface area contributed by atoms with Gasteiger partial charge >= 0.3 is 0 Å². The molecule has 0 saturated carbocycles. The second-order valence-electron chi connectivity index (χ2n) is 6.77. The monoisotopic (exact) mass is 341 g/mol. The summed E-state index contributed by atoms with van der Waals surface area (Å²) in [5.74, 6) is -0.167. The minimum Gasteiger partial charge on any atom is -0.295 e. The summed E-state index contributed by atoms with van der Waals surface area (Å²) < 4.78 is 0. The molecule has 1 rings (SSSR count). The van der Waals surface area contributed by atoms with Gasteiger partial charge in [-0.25, -0.2) is 0 Å². The van der Waals surface area contributed by atoms with Crippen molar-refractivity contribution >= 4 is 23.6 Å². The SMILES string of the molecule is CCCCCCCC(CCCCCCC)SC1CC(=O)NC1=O. The Bertz CT molecular complexity index is 332. The van der Waals surface area contributed by atoms with E-state index in [1.807, 2.05) is 0 Å². The van der Waals surface area contributed by atoms with Gasteiger partial charge in [0.1, 0.15) is 0 Å². The summed E-state index contributed by atoms with van der Waals surface area (Å²) in [5, 5.41) is 2.84. The van der Waals surface area contributed by atoms with Gasteiger partial charge < -0.3 is 0 Å². The van der Waals surface area contributed by atoms with Gasteiger partial charge in [0.25, 0.3) is 0 Å². The van der Waals surface area contributed by atoms with Crippen molar-refractivity contribution in [1.29, 1.82) is 0 Å². The smallest absolute Gasteiger partial charge is 0.240 e. The van der Waals surface area contributed by atoms with Crippen molar-refractivity contribution in [3.8, 4) is 0 Å². The number of amides is 2. The zero-order chi connectivity index (χ0) is 16.9. The van der Waals surface area contributed by atoms with Crippen LogP contribution in [-0.2, 0) is 9.59 Å². The molecule has 4 heteroatoms. The fraction of sp³-hybridized carbons (Fsp3) is 0.895. The predicted molar refractivity (Wildman–Crippen MR) is 99.7 cm³/mol. The van der Waals surface area contributed by atoms with Gasteiger partial charge in [0.05, 0.1) is 5.25 Å². The highest BCUT2D eigenvalue weighted by Gasteiger charge is 2.32. The summed E-state index contributed by atoms with van der Waals surface area (Å²) in [7, 11) is 0. The van der Waals surface area contributed by atoms with E-state index >= 15 is 0 Å². The maximum Gasteiger partial charge on any atom is 0.240 e. The lowest BCUT2D eigenvalue weighted by molar-refractivity contribution is -0.124. The Kier molecular flexibility index (Phi) is 11.5. The van der Waals surface area contributed by atoms with E-state index in [0.29, 0.717) is 11.7 Å². The van der Waals surface area contributed by atoms with E-state index < -0.39 is 0 Å². The molecule has 1 N–H and O–H groups in total. The standard InChI is InChI=1S/C19H35NO2S/c1-3-5-7-9-11-13-16(14-12-10-8-6-4-2)23-17-15-18(21)20-19(17)22/h16-17H,3-15H2,1-2H3,(H,20,21,22). The summed E-state index contributed by atoms with van der Waals surface area (Å²) in [6.45, 7) is 4.48. The van der Waals surface area contributed by atoms with E-state index in [0.717, 1.165) is 0 Å². The molecule has 1 fully saturated rings. The van der Waals surface area contributed by atoms with Gasteiger partial charge in [0.15, 0.2) is 0 Å². The van der Waals surface area contributed by atoms with Crippen LogP contribution in [0.4, 0.5) is 0 Å². The number of carbonyl (C=O) groups excluding carboxylic acids is 2. The van der Waals surface area contributed by atoms with Crippen molar-refractivity contribution in [2.45, 2.75) is 108 Å². The Morgan fingerprint density at radius 1 is 0.913 bits per heavy atom. The van der Waals surface area contributed by atoms with Crippen LogP contribution in [0.5, 0.6) is 0 Å². The van der Waals surface area contributed by atoms with Crippen LogP contribution in [0.3, 0.4) is 0 Å². The van der Waals surface area contributed by atoms with Gasteiger partial charge in [-0.3, -0.25) is 14.9 Å². The van der Waals surface area contributed by atoms with Gasteiger partial charge in [-0.05, 0) is 12.8 Å². The second-order valence-corrected chi connectivity index (χ2v) is 8.28. The van der Waals surface area contributed by atoms with Gasteiger partial charge in [0, 0.05) is 11.7 Å². The number of nitrogens with one attached hydrogen (secondary N) is 1. The van der Waals surface area contributed by atoms with Gasteiger partial charge in [-0.15, -0.1) is 11.8 Å². The molecular weight excluding hydrogens is 306 g/mol. The highest BCUT2D eigenvalue weighted by molar-refractivity contribution is 8.01. The lowest BCUT2D eigenvalue weighted by Gasteiger charge is -2.19. The molecule has 23 heavy (non-hydrogen) atoms. The van der Waals surface area contributed by atoms with Crippen molar-refractivity contribution in [1.82, 2.24) is 5.32 Å². The van der Waals surface area contributed by atoms with Gasteiger partial charge in [0.2, 0.25) is 11.8 Å². The van der Waals surface area contributed by atoms with E-state index in [2.05, 4.69) is 19.2 Å². The molecule has 0 bridgehead atoms. The number of hydrogen-bond acceptors (Lipinski definition) is 3. The average molecular weight is 342 g/mol. The predicted octanol–water partition coefficient (Wildman–Crippen LogP) is 5.22. The quantitative estimate of drug-likeness (QED) is 0.348. The largest absolute Gasteiger partial charge is 0.295 e. The first-order valence-electron chi connectivity index (χ1n) is 9.66. The highest BCUT2D eigenvalue weighted by atomic mass is 32.2. The zero-order valence-corrected chi connectivity index (χ0v) is 15.9. The molecule has 0 aromatic rings. The summed E-state index contributed by atoms with van der Waals surface area (Å²) in [5.41, 5.74) is 0. The molecule has 0 aromatic carbocycles. The first-order valence-corrected chi connectivity index (χ1v) is 10.6. The number of thioether (sulfide) groups is 1. The second kappa shape index (κ2) is 12.9. The molecule has 134 valence electrons. The third-order valence-corrected chi connectivity index (χ3v) is 6.11. The summed E-state index contributed by atoms with van der Waals surface area (Å²) in [6, 6.07) is 0. The van der Waals surface area contributed by atoms with Crippen LogP contribution >= 0.6 is 11.8 Å². The molecule has 0 aromatic heterocycles. The normalized spacial score (nSPS) is 18.0. The van der Waals surface area contributed by atoms with E-state index in [9.17, 15) is 9.59 Å². The number of unbranched alkanes of at least 4 members (excludes halogenated alkanes) is 8. The highest BCUT2D eigenvalue weighted by Crippen LogP contribution is 2.31. The van der Waals surface area contributed by atoms with E-state index in [1.165, 1.54) is 77.0 Å². The average Bonchev–Trinajstić information content (AvgIpc) is 2.84. The maximum atomic E-state index is 11.8. The number of rotatable bonds is 14. The molecule has 1 atom stereocenters. The Balaban J connectivity index is 2.31. The molecular formula is C19H35NO2S. The fourth-order valence-corrected chi connectivity index (χ4v) is 4.60. The van der Waals surface area contributed by atoms with E-state index in [4.69, 9.17) is 0 Å². The zero-order valence-electron chi connectivity index (χ0n) is 15.1. The van der Waals surface area contributed by atoms with Crippen molar-refractivity contribution < 1.29 is 9.59 Å². The lowest BCUT2D eigenvalue weighted by atomic mass is 10.0. The van der Waals surface area contributed by atoms with Crippen LogP contribution in [0.15, 0.2) is 0 Å². The van der Waals surface area contributed by atoms with Gasteiger partial charge in [-0.2, -0.15) is 0 Å². The van der Waals surface area contributed by atoms with Crippen molar-refractivity contribution in [2.75, 3.05) is 0 Å². The van der Waals surface area contributed by atoms with Crippen LogP contribution < -0.4 is 5.32 Å².